The molecule has 1 aromatic heterocycles. The number of sulfone groups is 1. The number of hydrogen-bond donors (Lipinski definition) is 1. The lowest BCUT2D eigenvalue weighted by atomic mass is 10.1. The second-order valence-corrected chi connectivity index (χ2v) is 10.4. The Kier molecular flexibility index (Phi) is 7.02. The summed E-state index contributed by atoms with van der Waals surface area (Å²) in [6.07, 6.45) is 1.58. The third-order valence-corrected chi connectivity index (χ3v) is 7.48. The topological polar surface area (TPSA) is 112 Å². The van der Waals surface area contributed by atoms with Gasteiger partial charge in [0.1, 0.15) is 17.8 Å². The number of primary amides is 1. The molecular weight excluding hydrogens is 497 g/mol. The van der Waals surface area contributed by atoms with Crippen LogP contribution in [0.1, 0.15) is 12.8 Å². The normalized spacial score (nSPS) is 11.5. The molecule has 4 rings (SSSR count). The number of para-hydroxylation sites is 1. The molecule has 0 aliphatic rings. The summed E-state index contributed by atoms with van der Waals surface area (Å²) >= 11 is 12.7. The van der Waals surface area contributed by atoms with Crippen LogP contribution in [0.5, 0.6) is 11.5 Å². The first-order valence-corrected chi connectivity index (χ1v) is 12.6. The number of carbonyl (C=O) groups is 1. The quantitative estimate of drug-likeness (QED) is 0.334. The molecule has 0 radical (unpaired) electrons. The zero-order valence-corrected chi connectivity index (χ0v) is 20.1. The van der Waals surface area contributed by atoms with Gasteiger partial charge in [0.25, 0.3) is 0 Å². The maximum atomic E-state index is 12.6. The summed E-state index contributed by atoms with van der Waals surface area (Å²) in [4.78, 5) is 19.6. The van der Waals surface area contributed by atoms with Crippen LogP contribution in [0.25, 0.3) is 22.2 Å². The highest BCUT2D eigenvalue weighted by Crippen LogP contribution is 2.36. The molecule has 7 nitrogen and oxygen atoms in total. The molecule has 0 atom stereocenters. The van der Waals surface area contributed by atoms with E-state index in [1.807, 2.05) is 6.07 Å². The van der Waals surface area contributed by atoms with Gasteiger partial charge in [-0.15, -0.1) is 0 Å². The summed E-state index contributed by atoms with van der Waals surface area (Å²) in [6.45, 7) is 0. The van der Waals surface area contributed by atoms with E-state index in [4.69, 9.17) is 33.7 Å². The van der Waals surface area contributed by atoms with E-state index in [1.165, 1.54) is 18.5 Å². The molecule has 1 heterocycles. The van der Waals surface area contributed by atoms with Crippen LogP contribution in [0.2, 0.25) is 10.0 Å². The van der Waals surface area contributed by atoms with E-state index in [9.17, 15) is 13.2 Å². The molecule has 2 N–H and O–H groups in total. The molecule has 0 fully saturated rings. The summed E-state index contributed by atoms with van der Waals surface area (Å²) in [5.41, 5.74) is 6.90. The van der Waals surface area contributed by atoms with E-state index >= 15 is 0 Å². The summed E-state index contributed by atoms with van der Waals surface area (Å²) in [6, 6.07) is 16.6. The summed E-state index contributed by atoms with van der Waals surface area (Å²) < 4.78 is 31.2. The van der Waals surface area contributed by atoms with Crippen LogP contribution in [0, 0.1) is 0 Å². The number of nitrogens with two attached hydrogens (primary N) is 1. The highest BCUT2D eigenvalue weighted by molar-refractivity contribution is 7.91. The van der Waals surface area contributed by atoms with Crippen molar-refractivity contribution in [2.45, 2.75) is 17.7 Å². The molecule has 174 valence electrons. The second kappa shape index (κ2) is 9.97. The average molecular weight is 516 g/mol. The van der Waals surface area contributed by atoms with Crippen molar-refractivity contribution in [3.63, 3.8) is 0 Å². The van der Waals surface area contributed by atoms with Crippen molar-refractivity contribution in [2.75, 3.05) is 5.75 Å². The van der Waals surface area contributed by atoms with E-state index < -0.39 is 15.7 Å². The maximum absolute atomic E-state index is 12.6. The molecule has 34 heavy (non-hydrogen) atoms. The largest absolute Gasteiger partial charge is 0.457 e. The van der Waals surface area contributed by atoms with Crippen LogP contribution < -0.4 is 10.5 Å². The minimum absolute atomic E-state index is 0.00586. The van der Waals surface area contributed by atoms with Crippen LogP contribution in [-0.2, 0) is 14.6 Å². The number of ether oxygens (including phenoxy) is 1. The number of fused-ring (bicyclic) bond motifs is 1. The first kappa shape index (κ1) is 23.9. The Morgan fingerprint density at radius 2 is 1.71 bits per heavy atom. The van der Waals surface area contributed by atoms with Gasteiger partial charge >= 0.3 is 0 Å². The predicted octanol–water partition coefficient (Wildman–Crippen LogP) is 5.44. The van der Waals surface area contributed by atoms with E-state index in [-0.39, 0.29) is 23.5 Å². The SMILES string of the molecule is NC(=O)CCCS(=O)(=O)c1cccc(Oc2ccc(Cl)c(-c3ncnc4c(Cl)cccc34)c2)c1. The molecule has 0 bridgehead atoms. The molecule has 3 aromatic carbocycles. The number of nitrogens with zero attached hydrogens (tertiary/aromatic N) is 2. The van der Waals surface area contributed by atoms with Crippen molar-refractivity contribution in [1.29, 1.82) is 0 Å². The van der Waals surface area contributed by atoms with Gasteiger partial charge < -0.3 is 10.5 Å². The van der Waals surface area contributed by atoms with Crippen LogP contribution >= 0.6 is 23.2 Å². The molecule has 4 aromatic rings. The average Bonchev–Trinajstić information content (AvgIpc) is 2.80. The van der Waals surface area contributed by atoms with Gasteiger partial charge in [-0.2, -0.15) is 0 Å². The molecule has 0 spiro atoms. The fourth-order valence-electron chi connectivity index (χ4n) is 3.44. The van der Waals surface area contributed by atoms with Crippen LogP contribution in [-0.4, -0.2) is 30.0 Å². The fraction of sp³-hybridized carbons (Fsp3) is 0.125. The first-order chi connectivity index (χ1) is 16.2. The number of rotatable bonds is 8. The van der Waals surface area contributed by atoms with Crippen molar-refractivity contribution in [3.8, 4) is 22.8 Å². The Balaban J connectivity index is 1.64. The van der Waals surface area contributed by atoms with Gasteiger partial charge in [-0.3, -0.25) is 4.79 Å². The van der Waals surface area contributed by atoms with Gasteiger partial charge in [0.2, 0.25) is 5.91 Å². The van der Waals surface area contributed by atoms with Gasteiger partial charge in [0, 0.05) is 17.4 Å². The number of hydrogen-bond acceptors (Lipinski definition) is 6. The van der Waals surface area contributed by atoms with E-state index in [2.05, 4.69) is 9.97 Å². The highest BCUT2D eigenvalue weighted by Gasteiger charge is 2.17. The second-order valence-electron chi connectivity index (χ2n) is 7.47. The standard InChI is InChI=1S/C24H19Cl2N3O4S/c25-20-10-9-16(13-19(20)23-18-6-2-7-21(26)24(18)29-14-28-23)33-15-4-1-5-17(12-15)34(31,32)11-3-8-22(27)30/h1-2,4-7,9-10,12-14H,3,8,11H2,(H2,27,30). The molecule has 0 saturated carbocycles. The van der Waals surface area contributed by atoms with Gasteiger partial charge in [-0.1, -0.05) is 41.4 Å². The van der Waals surface area contributed by atoms with Gasteiger partial charge in [0.05, 0.1) is 31.9 Å². The number of amides is 1. The molecule has 0 aliphatic carbocycles. The third-order valence-electron chi connectivity index (χ3n) is 5.05. The van der Waals surface area contributed by atoms with E-state index in [1.54, 1.807) is 42.5 Å². The van der Waals surface area contributed by atoms with Crippen molar-refractivity contribution < 1.29 is 17.9 Å². The predicted molar refractivity (Wildman–Crippen MR) is 132 cm³/mol. The maximum Gasteiger partial charge on any atom is 0.217 e. The summed E-state index contributed by atoms with van der Waals surface area (Å²) in [7, 11) is -3.60. The molecule has 10 heteroatoms. The minimum Gasteiger partial charge on any atom is -0.457 e. The smallest absolute Gasteiger partial charge is 0.217 e. The number of halogens is 2. The molecular formula is C24H19Cl2N3O4S. The van der Waals surface area contributed by atoms with Gasteiger partial charge in [0.15, 0.2) is 9.84 Å². The lowest BCUT2D eigenvalue weighted by molar-refractivity contribution is -0.118. The zero-order chi connectivity index (χ0) is 24.3. The van der Waals surface area contributed by atoms with Gasteiger partial charge in [-0.25, -0.2) is 18.4 Å². The van der Waals surface area contributed by atoms with Crippen molar-refractivity contribution >= 4 is 49.8 Å². The Hall–Kier alpha value is -3.20. The summed E-state index contributed by atoms with van der Waals surface area (Å²) in [5, 5.41) is 1.69. The lowest BCUT2D eigenvalue weighted by Gasteiger charge is -2.12. The van der Waals surface area contributed by atoms with Crippen molar-refractivity contribution in [1.82, 2.24) is 9.97 Å². The molecule has 0 aliphatic heterocycles. The van der Waals surface area contributed by atoms with E-state index in [0.29, 0.717) is 38.3 Å². The van der Waals surface area contributed by atoms with E-state index in [0.717, 1.165) is 5.39 Å². The Morgan fingerprint density at radius 3 is 2.50 bits per heavy atom. The van der Waals surface area contributed by atoms with Crippen LogP contribution in [0.15, 0.2) is 71.9 Å². The number of carbonyl (C=O) groups excluding carboxylic acids is 1. The Morgan fingerprint density at radius 1 is 0.941 bits per heavy atom. The van der Waals surface area contributed by atoms with Crippen LogP contribution in [0.3, 0.4) is 0 Å². The van der Waals surface area contributed by atoms with Crippen LogP contribution in [0.4, 0.5) is 0 Å². The minimum atomic E-state index is -3.60. The molecule has 0 unspecified atom stereocenters. The fourth-order valence-corrected chi connectivity index (χ4v) is 5.21. The monoisotopic (exact) mass is 515 g/mol. The first-order valence-electron chi connectivity index (χ1n) is 10.2. The molecule has 1 amide bonds. The number of benzene rings is 3. The lowest BCUT2D eigenvalue weighted by Crippen LogP contribution is -2.13. The Bertz CT molecular complexity index is 1490. The highest BCUT2D eigenvalue weighted by atomic mass is 35.5. The van der Waals surface area contributed by atoms with Gasteiger partial charge in [-0.05, 0) is 48.9 Å². The zero-order valence-electron chi connectivity index (χ0n) is 17.7. The Labute approximate surface area is 206 Å². The summed E-state index contributed by atoms with van der Waals surface area (Å²) in [5.74, 6) is 0.0502. The van der Waals surface area contributed by atoms with Crippen molar-refractivity contribution in [2.24, 2.45) is 5.73 Å². The van der Waals surface area contributed by atoms with Crippen molar-refractivity contribution in [3.05, 3.63) is 77.0 Å². The molecule has 0 saturated heterocycles. The number of aromatic nitrogens is 2. The third kappa shape index (κ3) is 5.30.